The quantitative estimate of drug-likeness (QED) is 0.450. The molecule has 32 heavy (non-hydrogen) atoms. The van der Waals surface area contributed by atoms with Gasteiger partial charge in [0, 0.05) is 12.0 Å². The highest BCUT2D eigenvalue weighted by molar-refractivity contribution is 7.12. The molecule has 0 aliphatic rings. The molecule has 0 spiro atoms. The zero-order valence-corrected chi connectivity index (χ0v) is 17.7. The number of nitrogens with one attached hydrogen (secondary N) is 1. The summed E-state index contributed by atoms with van der Waals surface area (Å²) in [5.74, 6) is -1.99. The lowest BCUT2D eigenvalue weighted by molar-refractivity contribution is -0.274. The van der Waals surface area contributed by atoms with E-state index in [0.29, 0.717) is 16.0 Å². The van der Waals surface area contributed by atoms with Gasteiger partial charge in [0.1, 0.15) is 5.75 Å². The summed E-state index contributed by atoms with van der Waals surface area (Å²) in [6, 6.07) is 15.6. The summed E-state index contributed by atoms with van der Waals surface area (Å²) in [5.41, 5.74) is 2.19. The number of alkyl halides is 3. The molecule has 5 nitrogen and oxygen atoms in total. The molecule has 1 amide bonds. The van der Waals surface area contributed by atoms with E-state index in [9.17, 15) is 27.9 Å². The molecule has 1 aromatic heterocycles. The van der Waals surface area contributed by atoms with E-state index in [2.05, 4.69) is 10.1 Å². The number of hydrogen-bond acceptors (Lipinski definition) is 4. The van der Waals surface area contributed by atoms with E-state index in [1.807, 2.05) is 37.3 Å². The van der Waals surface area contributed by atoms with Gasteiger partial charge in [-0.05, 0) is 40.3 Å². The molecule has 1 unspecified atom stereocenters. The summed E-state index contributed by atoms with van der Waals surface area (Å²) in [4.78, 5) is 24.5. The van der Waals surface area contributed by atoms with Crippen molar-refractivity contribution in [1.29, 1.82) is 0 Å². The average Bonchev–Trinajstić information content (AvgIpc) is 3.23. The Balaban J connectivity index is 1.73. The van der Waals surface area contributed by atoms with Gasteiger partial charge in [0.05, 0.1) is 11.3 Å². The van der Waals surface area contributed by atoms with Gasteiger partial charge in [-0.15, -0.1) is 24.5 Å². The summed E-state index contributed by atoms with van der Waals surface area (Å²) in [6.07, 6.45) is -5.00. The first-order valence-electron chi connectivity index (χ1n) is 9.64. The minimum Gasteiger partial charge on any atom is -0.481 e. The van der Waals surface area contributed by atoms with Crippen LogP contribution < -0.4 is 10.1 Å². The first-order valence-corrected chi connectivity index (χ1v) is 10.5. The molecule has 0 saturated heterocycles. The summed E-state index contributed by atoms with van der Waals surface area (Å²) < 4.78 is 40.8. The van der Waals surface area contributed by atoms with Crippen molar-refractivity contribution >= 4 is 23.2 Å². The molecule has 0 aliphatic heterocycles. The average molecular weight is 463 g/mol. The van der Waals surface area contributed by atoms with Crippen molar-refractivity contribution in [2.75, 3.05) is 0 Å². The number of benzene rings is 2. The predicted octanol–water partition coefficient (Wildman–Crippen LogP) is 5.69. The third-order valence-electron chi connectivity index (χ3n) is 4.88. The van der Waals surface area contributed by atoms with E-state index >= 15 is 0 Å². The van der Waals surface area contributed by atoms with Gasteiger partial charge in [-0.3, -0.25) is 9.59 Å². The molecule has 2 aromatic carbocycles. The van der Waals surface area contributed by atoms with Crippen molar-refractivity contribution in [1.82, 2.24) is 5.32 Å². The van der Waals surface area contributed by atoms with Crippen LogP contribution in [0.1, 0.15) is 34.5 Å². The van der Waals surface area contributed by atoms with Crippen LogP contribution in [0.15, 0.2) is 66.0 Å². The largest absolute Gasteiger partial charge is 0.573 e. The van der Waals surface area contributed by atoms with Crippen molar-refractivity contribution in [2.45, 2.75) is 31.7 Å². The number of thiophene rings is 1. The summed E-state index contributed by atoms with van der Waals surface area (Å²) in [5, 5.41) is 13.8. The second-order valence-electron chi connectivity index (χ2n) is 7.15. The number of amides is 1. The van der Waals surface area contributed by atoms with Gasteiger partial charge < -0.3 is 15.2 Å². The van der Waals surface area contributed by atoms with Crippen LogP contribution in [0.4, 0.5) is 13.2 Å². The van der Waals surface area contributed by atoms with Crippen LogP contribution in [-0.2, 0) is 4.79 Å². The van der Waals surface area contributed by atoms with Crippen LogP contribution in [0, 0.1) is 0 Å². The summed E-state index contributed by atoms with van der Waals surface area (Å²) >= 11 is 1.16. The van der Waals surface area contributed by atoms with E-state index in [-0.39, 0.29) is 18.1 Å². The molecule has 0 bridgehead atoms. The van der Waals surface area contributed by atoms with E-state index < -0.39 is 24.3 Å². The Labute approximate surface area is 186 Å². The molecule has 2 atom stereocenters. The van der Waals surface area contributed by atoms with Crippen LogP contribution in [-0.4, -0.2) is 29.4 Å². The lowest BCUT2D eigenvalue weighted by Gasteiger charge is -2.24. The van der Waals surface area contributed by atoms with Gasteiger partial charge in [0.15, 0.2) is 0 Å². The van der Waals surface area contributed by atoms with Gasteiger partial charge in [0.2, 0.25) is 0 Å². The maximum absolute atomic E-state index is 12.8. The van der Waals surface area contributed by atoms with Crippen LogP contribution in [0.25, 0.3) is 11.1 Å². The standard InChI is InChI=1S/C23H20F3NO4S/c1-14(15-5-3-2-4-6-15)19(12-21(28)29)27-22(30)20-11-17(13-32-20)16-7-9-18(10-8-16)31-23(24,25)26/h2-11,13-14,19H,12H2,1H3,(H,27,30)(H,28,29)/t14-,19?/m1/s1. The van der Waals surface area contributed by atoms with Crippen LogP contribution in [0.5, 0.6) is 5.75 Å². The normalized spacial score (nSPS) is 13.2. The number of carbonyl (C=O) groups is 2. The number of hydrogen-bond donors (Lipinski definition) is 2. The lowest BCUT2D eigenvalue weighted by Crippen LogP contribution is -2.39. The topological polar surface area (TPSA) is 75.6 Å². The molecule has 1 heterocycles. The number of aliphatic carboxylic acids is 1. The fourth-order valence-electron chi connectivity index (χ4n) is 3.23. The minimum atomic E-state index is -4.77. The molecule has 2 N–H and O–H groups in total. The Morgan fingerprint density at radius 2 is 1.72 bits per heavy atom. The number of rotatable bonds is 8. The smallest absolute Gasteiger partial charge is 0.481 e. The van der Waals surface area contributed by atoms with Gasteiger partial charge in [-0.2, -0.15) is 0 Å². The summed E-state index contributed by atoms with van der Waals surface area (Å²) in [6.45, 7) is 1.85. The van der Waals surface area contributed by atoms with E-state index in [1.54, 1.807) is 11.4 Å². The number of carbonyl (C=O) groups excluding carboxylic acids is 1. The van der Waals surface area contributed by atoms with Crippen molar-refractivity contribution < 1.29 is 32.6 Å². The molecular weight excluding hydrogens is 443 g/mol. The fourth-order valence-corrected chi connectivity index (χ4v) is 4.04. The Hall–Kier alpha value is -3.33. The molecule has 9 heteroatoms. The Morgan fingerprint density at radius 3 is 2.31 bits per heavy atom. The Bertz CT molecular complexity index is 1060. The number of carboxylic acid groups (broad SMARTS) is 1. The van der Waals surface area contributed by atoms with Crippen LogP contribution in [0.3, 0.4) is 0 Å². The fraction of sp³-hybridized carbons (Fsp3) is 0.217. The number of carboxylic acids is 1. The molecule has 3 rings (SSSR count). The molecule has 0 radical (unpaired) electrons. The first-order chi connectivity index (χ1) is 15.1. The molecule has 3 aromatic rings. The zero-order chi connectivity index (χ0) is 23.3. The van der Waals surface area contributed by atoms with Crippen LogP contribution in [0.2, 0.25) is 0 Å². The molecule has 0 saturated carbocycles. The van der Waals surface area contributed by atoms with E-state index in [1.165, 1.54) is 24.3 Å². The second-order valence-corrected chi connectivity index (χ2v) is 8.06. The Kier molecular flexibility index (Phi) is 7.19. The SMILES string of the molecule is C[C@H](c1ccccc1)C(CC(=O)O)NC(=O)c1cc(-c2ccc(OC(F)(F)F)cc2)cs1. The molecule has 0 fully saturated rings. The number of ether oxygens (including phenoxy) is 1. The highest BCUT2D eigenvalue weighted by Crippen LogP contribution is 2.30. The minimum absolute atomic E-state index is 0.225. The highest BCUT2D eigenvalue weighted by atomic mass is 32.1. The molecule has 168 valence electrons. The van der Waals surface area contributed by atoms with E-state index in [0.717, 1.165) is 16.9 Å². The lowest BCUT2D eigenvalue weighted by atomic mass is 9.91. The number of halogens is 3. The van der Waals surface area contributed by atoms with Gasteiger partial charge in [0.25, 0.3) is 5.91 Å². The first kappa shape index (κ1) is 23.3. The highest BCUT2D eigenvalue weighted by Gasteiger charge is 2.31. The van der Waals surface area contributed by atoms with E-state index in [4.69, 9.17) is 0 Å². The zero-order valence-electron chi connectivity index (χ0n) is 16.9. The van der Waals surface area contributed by atoms with Crippen molar-refractivity contribution in [3.8, 4) is 16.9 Å². The van der Waals surface area contributed by atoms with Gasteiger partial charge in [-0.25, -0.2) is 0 Å². The monoisotopic (exact) mass is 463 g/mol. The maximum atomic E-state index is 12.8. The predicted molar refractivity (Wildman–Crippen MR) is 115 cm³/mol. The molecular formula is C23H20F3NO4S. The molecule has 0 aliphatic carbocycles. The Morgan fingerprint density at radius 1 is 1.06 bits per heavy atom. The van der Waals surface area contributed by atoms with Crippen molar-refractivity contribution in [3.63, 3.8) is 0 Å². The second kappa shape index (κ2) is 9.86. The summed E-state index contributed by atoms with van der Waals surface area (Å²) in [7, 11) is 0. The van der Waals surface area contributed by atoms with Gasteiger partial charge in [-0.1, -0.05) is 49.4 Å². The maximum Gasteiger partial charge on any atom is 0.573 e. The van der Waals surface area contributed by atoms with Crippen LogP contribution >= 0.6 is 11.3 Å². The van der Waals surface area contributed by atoms with Crippen molar-refractivity contribution in [2.24, 2.45) is 0 Å². The third kappa shape index (κ3) is 6.34. The van der Waals surface area contributed by atoms with Gasteiger partial charge >= 0.3 is 12.3 Å². The van der Waals surface area contributed by atoms with Crippen molar-refractivity contribution in [3.05, 3.63) is 76.5 Å². The third-order valence-corrected chi connectivity index (χ3v) is 5.81.